The zero-order valence-corrected chi connectivity index (χ0v) is 15.0. The third-order valence-electron chi connectivity index (χ3n) is 3.81. The normalized spacial score (nSPS) is 9.86. The second-order valence-electron chi connectivity index (χ2n) is 5.74. The van der Waals surface area contributed by atoms with Crippen LogP contribution in [0.1, 0.15) is 26.5 Å². The van der Waals surface area contributed by atoms with Gasteiger partial charge in [0.1, 0.15) is 17.1 Å². The molecule has 0 saturated carbocycles. The minimum atomic E-state index is -0.458. The van der Waals surface area contributed by atoms with Crippen molar-refractivity contribution in [2.75, 3.05) is 17.7 Å². The van der Waals surface area contributed by atoms with Crippen molar-refractivity contribution in [2.45, 2.75) is 0 Å². The summed E-state index contributed by atoms with van der Waals surface area (Å²) in [7, 11) is 1.54. The Labute approximate surface area is 161 Å². The topological polar surface area (TPSA) is 104 Å². The molecule has 7 heteroatoms. The molecule has 0 saturated heterocycles. The van der Waals surface area contributed by atoms with Gasteiger partial charge in [-0.1, -0.05) is 12.1 Å². The van der Waals surface area contributed by atoms with Gasteiger partial charge in [-0.3, -0.25) is 9.59 Å². The zero-order chi connectivity index (χ0) is 19.9. The molecule has 0 unspecified atom stereocenters. The average Bonchev–Trinajstić information content (AvgIpc) is 2.74. The molecule has 0 aliphatic rings. The van der Waals surface area contributed by atoms with Gasteiger partial charge in [-0.25, -0.2) is 4.98 Å². The van der Waals surface area contributed by atoms with Gasteiger partial charge in [-0.2, -0.15) is 5.26 Å². The molecule has 0 atom stereocenters. The Morgan fingerprint density at radius 3 is 2.11 bits per heavy atom. The number of nitriles is 1. The molecule has 138 valence electrons. The highest BCUT2D eigenvalue weighted by Crippen LogP contribution is 2.17. The third-order valence-corrected chi connectivity index (χ3v) is 3.81. The lowest BCUT2D eigenvalue weighted by Gasteiger charge is -2.08. The number of carbonyl (C=O) groups excluding carboxylic acids is 2. The first-order valence-electron chi connectivity index (χ1n) is 8.33. The van der Waals surface area contributed by atoms with Crippen molar-refractivity contribution >= 4 is 23.2 Å². The van der Waals surface area contributed by atoms with Crippen LogP contribution < -0.4 is 15.4 Å². The number of carbonyl (C=O) groups is 2. The summed E-state index contributed by atoms with van der Waals surface area (Å²) in [5, 5.41) is 14.2. The van der Waals surface area contributed by atoms with E-state index in [0.29, 0.717) is 22.7 Å². The van der Waals surface area contributed by atoms with Crippen LogP contribution in [0.5, 0.6) is 5.75 Å². The van der Waals surface area contributed by atoms with Crippen LogP contribution in [0.4, 0.5) is 11.4 Å². The number of pyridine rings is 1. The Morgan fingerprint density at radius 1 is 0.893 bits per heavy atom. The molecule has 3 rings (SSSR count). The van der Waals surface area contributed by atoms with Crippen LogP contribution in [-0.2, 0) is 0 Å². The Hall–Kier alpha value is -4.18. The largest absolute Gasteiger partial charge is 0.497 e. The molecular weight excluding hydrogens is 356 g/mol. The summed E-state index contributed by atoms with van der Waals surface area (Å²) in [5.41, 5.74) is 1.78. The summed E-state index contributed by atoms with van der Waals surface area (Å²) in [6.45, 7) is 0. The molecule has 0 aliphatic carbocycles. The molecular formula is C21H16N4O3. The Bertz CT molecular complexity index is 1060. The second-order valence-corrected chi connectivity index (χ2v) is 5.74. The van der Waals surface area contributed by atoms with E-state index >= 15 is 0 Å². The third kappa shape index (κ3) is 4.51. The number of hydrogen-bond acceptors (Lipinski definition) is 5. The van der Waals surface area contributed by atoms with E-state index in [9.17, 15) is 9.59 Å². The van der Waals surface area contributed by atoms with Crippen molar-refractivity contribution < 1.29 is 14.3 Å². The van der Waals surface area contributed by atoms with Crippen LogP contribution in [0.2, 0.25) is 0 Å². The summed E-state index contributed by atoms with van der Waals surface area (Å²) in [4.78, 5) is 29.0. The summed E-state index contributed by atoms with van der Waals surface area (Å²) < 4.78 is 5.13. The number of hydrogen-bond donors (Lipinski definition) is 2. The van der Waals surface area contributed by atoms with Crippen molar-refractivity contribution in [1.29, 1.82) is 5.26 Å². The van der Waals surface area contributed by atoms with E-state index in [1.54, 1.807) is 61.7 Å². The van der Waals surface area contributed by atoms with Crippen molar-refractivity contribution in [1.82, 2.24) is 4.98 Å². The number of benzene rings is 2. The molecule has 1 heterocycles. The summed E-state index contributed by atoms with van der Waals surface area (Å²) in [5.74, 6) is -0.289. The lowest BCUT2D eigenvalue weighted by molar-refractivity contribution is 0.101. The van der Waals surface area contributed by atoms with Gasteiger partial charge in [0, 0.05) is 17.4 Å². The zero-order valence-electron chi connectivity index (χ0n) is 15.0. The van der Waals surface area contributed by atoms with E-state index in [0.717, 1.165) is 0 Å². The van der Waals surface area contributed by atoms with E-state index in [2.05, 4.69) is 15.6 Å². The lowest BCUT2D eigenvalue weighted by Crippen LogP contribution is -2.18. The molecule has 3 aromatic rings. The first kappa shape index (κ1) is 18.6. The molecule has 2 aromatic carbocycles. The van der Waals surface area contributed by atoms with Crippen LogP contribution in [0.25, 0.3) is 0 Å². The van der Waals surface area contributed by atoms with Gasteiger partial charge in [0.05, 0.1) is 18.7 Å². The molecule has 28 heavy (non-hydrogen) atoms. The standard InChI is InChI=1S/C21H16N4O3/c1-28-17-5-2-4-16(12-17)24-21(27)19-7-3-6-18(25-19)20(26)23-15-10-8-14(13-22)9-11-15/h2-12H,1H3,(H,23,26)(H,24,27). The van der Waals surface area contributed by atoms with Gasteiger partial charge in [0.15, 0.2) is 0 Å². The maximum atomic E-state index is 12.4. The van der Waals surface area contributed by atoms with Crippen LogP contribution in [-0.4, -0.2) is 23.9 Å². The van der Waals surface area contributed by atoms with E-state index < -0.39 is 11.8 Å². The quantitative estimate of drug-likeness (QED) is 0.714. The Morgan fingerprint density at radius 2 is 1.50 bits per heavy atom. The van der Waals surface area contributed by atoms with Crippen molar-refractivity contribution in [2.24, 2.45) is 0 Å². The van der Waals surface area contributed by atoms with Gasteiger partial charge in [0.25, 0.3) is 11.8 Å². The van der Waals surface area contributed by atoms with Gasteiger partial charge in [-0.15, -0.1) is 0 Å². The molecule has 1 aromatic heterocycles. The monoisotopic (exact) mass is 372 g/mol. The van der Waals surface area contributed by atoms with Gasteiger partial charge in [-0.05, 0) is 48.5 Å². The molecule has 0 fully saturated rings. The molecule has 0 bridgehead atoms. The number of ether oxygens (including phenoxy) is 1. The van der Waals surface area contributed by atoms with Crippen LogP contribution in [0.15, 0.2) is 66.7 Å². The fraction of sp³-hybridized carbons (Fsp3) is 0.0476. The van der Waals surface area contributed by atoms with Gasteiger partial charge >= 0.3 is 0 Å². The van der Waals surface area contributed by atoms with Crippen LogP contribution in [0.3, 0.4) is 0 Å². The SMILES string of the molecule is COc1cccc(NC(=O)c2cccc(C(=O)Nc3ccc(C#N)cc3)n2)c1. The Kier molecular flexibility index (Phi) is 5.63. The number of rotatable bonds is 5. The van der Waals surface area contributed by atoms with E-state index in [1.165, 1.54) is 12.1 Å². The van der Waals surface area contributed by atoms with Crippen molar-refractivity contribution in [3.8, 4) is 11.8 Å². The van der Waals surface area contributed by atoms with Gasteiger partial charge < -0.3 is 15.4 Å². The molecule has 0 aliphatic heterocycles. The molecule has 0 spiro atoms. The highest BCUT2D eigenvalue weighted by atomic mass is 16.5. The average molecular weight is 372 g/mol. The van der Waals surface area contributed by atoms with E-state index in [4.69, 9.17) is 10.00 Å². The summed E-state index contributed by atoms with van der Waals surface area (Å²) in [6.07, 6.45) is 0. The number of aromatic nitrogens is 1. The van der Waals surface area contributed by atoms with Crippen LogP contribution >= 0.6 is 0 Å². The Balaban J connectivity index is 1.72. The summed E-state index contributed by atoms with van der Waals surface area (Å²) in [6, 6.07) is 20.0. The lowest BCUT2D eigenvalue weighted by atomic mass is 10.2. The highest BCUT2D eigenvalue weighted by molar-refractivity contribution is 6.06. The van der Waals surface area contributed by atoms with Gasteiger partial charge in [0.2, 0.25) is 0 Å². The second kappa shape index (κ2) is 8.47. The van der Waals surface area contributed by atoms with Crippen molar-refractivity contribution in [3.05, 3.63) is 83.7 Å². The van der Waals surface area contributed by atoms with E-state index in [-0.39, 0.29) is 11.4 Å². The first-order chi connectivity index (χ1) is 13.6. The number of nitrogens with one attached hydrogen (secondary N) is 2. The molecule has 7 nitrogen and oxygen atoms in total. The minimum Gasteiger partial charge on any atom is -0.497 e. The first-order valence-corrected chi connectivity index (χ1v) is 8.33. The fourth-order valence-electron chi connectivity index (χ4n) is 2.41. The number of methoxy groups -OCH3 is 1. The molecule has 0 radical (unpaired) electrons. The fourth-order valence-corrected chi connectivity index (χ4v) is 2.41. The number of nitrogens with zero attached hydrogens (tertiary/aromatic N) is 2. The predicted octanol–water partition coefficient (Wildman–Crippen LogP) is 3.47. The minimum absolute atomic E-state index is 0.0997. The molecule has 2 amide bonds. The summed E-state index contributed by atoms with van der Waals surface area (Å²) >= 11 is 0. The van der Waals surface area contributed by atoms with Crippen molar-refractivity contribution in [3.63, 3.8) is 0 Å². The van der Waals surface area contributed by atoms with E-state index in [1.807, 2.05) is 6.07 Å². The maximum Gasteiger partial charge on any atom is 0.274 e. The number of anilines is 2. The number of amides is 2. The predicted molar refractivity (Wildman–Crippen MR) is 104 cm³/mol. The molecule has 2 N–H and O–H groups in total. The maximum absolute atomic E-state index is 12.4. The smallest absolute Gasteiger partial charge is 0.274 e. The van der Waals surface area contributed by atoms with Crippen LogP contribution in [0, 0.1) is 11.3 Å². The highest BCUT2D eigenvalue weighted by Gasteiger charge is 2.13.